The third-order valence-electron chi connectivity index (χ3n) is 2.56. The number of carbonyl (C=O) groups excluding carboxylic acids is 2. The van der Waals surface area contributed by atoms with Crippen molar-refractivity contribution in [1.29, 1.82) is 0 Å². The molecule has 1 amide bonds. The fourth-order valence-electron chi connectivity index (χ4n) is 1.68. The third kappa shape index (κ3) is 3.08. The number of hydrogen-bond donors (Lipinski definition) is 1. The number of benzene rings is 1. The van der Waals surface area contributed by atoms with Crippen LogP contribution in [-0.2, 0) is 4.74 Å². The van der Waals surface area contributed by atoms with E-state index in [-0.39, 0.29) is 17.9 Å². The highest BCUT2D eigenvalue weighted by Crippen LogP contribution is 2.34. The van der Waals surface area contributed by atoms with Gasteiger partial charge in [-0.2, -0.15) is 0 Å². The van der Waals surface area contributed by atoms with Crippen molar-refractivity contribution in [2.24, 2.45) is 0 Å². The number of amides is 1. The van der Waals surface area contributed by atoms with Crippen LogP contribution in [0.25, 0.3) is 0 Å². The van der Waals surface area contributed by atoms with E-state index in [1.54, 1.807) is 6.07 Å². The van der Waals surface area contributed by atoms with Gasteiger partial charge in [-0.3, -0.25) is 4.79 Å². The lowest BCUT2D eigenvalue weighted by Crippen LogP contribution is -2.22. The van der Waals surface area contributed by atoms with Crippen LogP contribution in [-0.4, -0.2) is 38.7 Å². The Labute approximate surface area is 114 Å². The Balaban J connectivity index is 2.14. The van der Waals surface area contributed by atoms with Gasteiger partial charge in [-0.05, 0) is 6.07 Å². The molecular weight excluding hydrogens is 274 g/mol. The summed E-state index contributed by atoms with van der Waals surface area (Å²) in [4.78, 5) is 21.9. The smallest absolute Gasteiger partial charge is 0.407 e. The monoisotopic (exact) mass is 285 g/mol. The van der Waals surface area contributed by atoms with E-state index in [1.165, 1.54) is 13.2 Å². The van der Waals surface area contributed by atoms with Gasteiger partial charge >= 0.3 is 6.09 Å². The summed E-state index contributed by atoms with van der Waals surface area (Å²) in [7, 11) is 1.45. The van der Waals surface area contributed by atoms with E-state index in [0.29, 0.717) is 23.6 Å². The molecule has 1 heterocycles. The molecule has 1 atom stereocenters. The number of ether oxygens (including phenoxy) is 3. The van der Waals surface area contributed by atoms with Crippen molar-refractivity contribution < 1.29 is 23.8 Å². The lowest BCUT2D eigenvalue weighted by Gasteiger charge is -2.15. The number of alkyl carbamates (subject to hydrolysis) is 1. The fourth-order valence-corrected chi connectivity index (χ4v) is 1.90. The van der Waals surface area contributed by atoms with Gasteiger partial charge in [0.25, 0.3) is 0 Å². The molecule has 0 spiro atoms. The summed E-state index contributed by atoms with van der Waals surface area (Å²) in [5, 5.41) is 2.88. The van der Waals surface area contributed by atoms with Crippen LogP contribution >= 0.6 is 11.6 Å². The number of methoxy groups -OCH3 is 1. The highest BCUT2D eigenvalue weighted by molar-refractivity contribution is 6.31. The molecule has 6 nitrogen and oxygen atoms in total. The summed E-state index contributed by atoms with van der Waals surface area (Å²) in [6, 6.07) is 3.02. The second-order valence-electron chi connectivity index (χ2n) is 3.86. The van der Waals surface area contributed by atoms with Crippen molar-refractivity contribution in [3.63, 3.8) is 0 Å². The van der Waals surface area contributed by atoms with Crippen molar-refractivity contribution in [2.75, 3.05) is 20.3 Å². The average Bonchev–Trinajstić information content (AvgIpc) is 2.81. The van der Waals surface area contributed by atoms with Crippen LogP contribution in [0.1, 0.15) is 10.4 Å². The van der Waals surface area contributed by atoms with E-state index in [9.17, 15) is 9.59 Å². The molecule has 1 N–H and O–H groups in total. The second-order valence-corrected chi connectivity index (χ2v) is 4.30. The number of halogens is 1. The van der Waals surface area contributed by atoms with Crippen LogP contribution in [0.5, 0.6) is 11.5 Å². The van der Waals surface area contributed by atoms with Gasteiger partial charge in [-0.1, -0.05) is 11.6 Å². The van der Waals surface area contributed by atoms with Gasteiger partial charge in [-0.15, -0.1) is 0 Å². The standard InChI is InChI=1S/C12H12ClNO5/c1-17-10-3-8(13)2-7(5-15)11(10)18-6-9-4-14-12(16)19-9/h2-3,5,9H,4,6H2,1H3,(H,14,16). The van der Waals surface area contributed by atoms with Crippen molar-refractivity contribution in [2.45, 2.75) is 6.10 Å². The zero-order valence-electron chi connectivity index (χ0n) is 10.1. The molecule has 1 unspecified atom stereocenters. The lowest BCUT2D eigenvalue weighted by molar-refractivity contribution is 0.101. The van der Waals surface area contributed by atoms with E-state index in [4.69, 9.17) is 25.8 Å². The summed E-state index contributed by atoms with van der Waals surface area (Å²) in [5.41, 5.74) is 0.279. The molecule has 1 fully saturated rings. The highest BCUT2D eigenvalue weighted by Gasteiger charge is 2.24. The molecule has 0 radical (unpaired) electrons. The number of cyclic esters (lactones) is 1. The van der Waals surface area contributed by atoms with E-state index in [2.05, 4.69) is 5.32 Å². The van der Waals surface area contributed by atoms with Crippen LogP contribution in [0.2, 0.25) is 5.02 Å². The topological polar surface area (TPSA) is 73.9 Å². The summed E-state index contributed by atoms with van der Waals surface area (Å²) in [6.45, 7) is 0.489. The molecule has 1 saturated heterocycles. The number of rotatable bonds is 5. The molecule has 0 aromatic heterocycles. The highest BCUT2D eigenvalue weighted by atomic mass is 35.5. The van der Waals surface area contributed by atoms with Crippen LogP contribution in [0.4, 0.5) is 4.79 Å². The molecule has 19 heavy (non-hydrogen) atoms. The molecule has 1 aliphatic heterocycles. The summed E-state index contributed by atoms with van der Waals surface area (Å²) in [6.07, 6.45) is -0.248. The Morgan fingerprint density at radius 2 is 2.37 bits per heavy atom. The first-order valence-electron chi connectivity index (χ1n) is 5.54. The predicted molar refractivity (Wildman–Crippen MR) is 67.2 cm³/mol. The largest absolute Gasteiger partial charge is 0.493 e. The Bertz CT molecular complexity index is 505. The Morgan fingerprint density at radius 1 is 1.58 bits per heavy atom. The second kappa shape index (κ2) is 5.79. The maximum atomic E-state index is 11.0. The minimum Gasteiger partial charge on any atom is -0.493 e. The van der Waals surface area contributed by atoms with Gasteiger partial charge in [-0.25, -0.2) is 4.79 Å². The third-order valence-corrected chi connectivity index (χ3v) is 2.77. The predicted octanol–water partition coefficient (Wildman–Crippen LogP) is 1.65. The Morgan fingerprint density at radius 3 is 2.95 bits per heavy atom. The zero-order valence-corrected chi connectivity index (χ0v) is 10.9. The van der Waals surface area contributed by atoms with Crippen molar-refractivity contribution in [1.82, 2.24) is 5.32 Å². The summed E-state index contributed by atoms with van der Waals surface area (Å²) in [5.74, 6) is 0.636. The molecule has 7 heteroatoms. The normalized spacial score (nSPS) is 17.6. The van der Waals surface area contributed by atoms with Crippen molar-refractivity contribution >= 4 is 24.0 Å². The maximum absolute atomic E-state index is 11.0. The van der Waals surface area contributed by atoms with Gasteiger partial charge in [0.05, 0.1) is 19.2 Å². The van der Waals surface area contributed by atoms with Gasteiger partial charge in [0.2, 0.25) is 0 Å². The van der Waals surface area contributed by atoms with Crippen LogP contribution in [0.3, 0.4) is 0 Å². The Hall–Kier alpha value is -1.95. The van der Waals surface area contributed by atoms with Crippen molar-refractivity contribution in [3.8, 4) is 11.5 Å². The fraction of sp³-hybridized carbons (Fsp3) is 0.333. The summed E-state index contributed by atoms with van der Waals surface area (Å²) >= 11 is 5.85. The molecule has 1 aromatic carbocycles. The van der Waals surface area contributed by atoms with E-state index in [0.717, 1.165) is 0 Å². The van der Waals surface area contributed by atoms with Gasteiger partial charge in [0, 0.05) is 11.1 Å². The van der Waals surface area contributed by atoms with E-state index < -0.39 is 12.2 Å². The van der Waals surface area contributed by atoms with Crippen LogP contribution in [0, 0.1) is 0 Å². The van der Waals surface area contributed by atoms with Gasteiger partial charge < -0.3 is 19.5 Å². The number of aldehydes is 1. The van der Waals surface area contributed by atoms with Crippen LogP contribution in [0.15, 0.2) is 12.1 Å². The van der Waals surface area contributed by atoms with E-state index in [1.807, 2.05) is 0 Å². The quantitative estimate of drug-likeness (QED) is 0.833. The molecule has 1 aliphatic rings. The van der Waals surface area contributed by atoms with Crippen molar-refractivity contribution in [3.05, 3.63) is 22.7 Å². The first-order chi connectivity index (χ1) is 9.13. The Kier molecular flexibility index (Phi) is 4.11. The minimum absolute atomic E-state index is 0.123. The summed E-state index contributed by atoms with van der Waals surface area (Å²) < 4.78 is 15.5. The molecule has 1 aromatic rings. The SMILES string of the molecule is COc1cc(Cl)cc(C=O)c1OCC1CNC(=O)O1. The first kappa shape index (κ1) is 13.5. The molecule has 102 valence electrons. The molecule has 0 saturated carbocycles. The van der Waals surface area contributed by atoms with E-state index >= 15 is 0 Å². The van der Waals surface area contributed by atoms with Gasteiger partial charge in [0.1, 0.15) is 6.61 Å². The lowest BCUT2D eigenvalue weighted by atomic mass is 10.2. The molecule has 2 rings (SSSR count). The molecular formula is C12H12ClNO5. The van der Waals surface area contributed by atoms with Crippen LogP contribution < -0.4 is 14.8 Å². The van der Waals surface area contributed by atoms with Gasteiger partial charge in [0.15, 0.2) is 23.9 Å². The average molecular weight is 286 g/mol. The number of nitrogens with one attached hydrogen (secondary N) is 1. The molecule has 0 bridgehead atoms. The maximum Gasteiger partial charge on any atom is 0.407 e. The minimum atomic E-state index is -0.479. The zero-order chi connectivity index (χ0) is 13.8. The molecule has 0 aliphatic carbocycles. The number of hydrogen-bond acceptors (Lipinski definition) is 5. The number of carbonyl (C=O) groups is 2. The first-order valence-corrected chi connectivity index (χ1v) is 5.92.